The third-order valence-electron chi connectivity index (χ3n) is 5.40. The number of esters is 1. The van der Waals surface area contributed by atoms with E-state index in [2.05, 4.69) is 4.99 Å². The van der Waals surface area contributed by atoms with E-state index >= 15 is 0 Å². The van der Waals surface area contributed by atoms with Crippen LogP contribution in [0.2, 0.25) is 4.34 Å². The van der Waals surface area contributed by atoms with Crippen molar-refractivity contribution in [3.05, 3.63) is 39.5 Å². The van der Waals surface area contributed by atoms with Crippen molar-refractivity contribution in [3.8, 4) is 0 Å². The second kappa shape index (κ2) is 9.75. The van der Waals surface area contributed by atoms with Gasteiger partial charge in [-0.3, -0.25) is 9.59 Å². The van der Waals surface area contributed by atoms with Crippen molar-refractivity contribution in [2.24, 2.45) is 4.99 Å². The van der Waals surface area contributed by atoms with E-state index in [1.807, 2.05) is 0 Å². The Morgan fingerprint density at radius 2 is 1.91 bits per heavy atom. The van der Waals surface area contributed by atoms with Crippen LogP contribution in [0.1, 0.15) is 12.8 Å². The third-order valence-corrected chi connectivity index (χ3v) is 11.2. The number of nitrogens with zero attached hydrogens (tertiary/aromatic N) is 3. The molecule has 35 heavy (non-hydrogen) atoms. The van der Waals surface area contributed by atoms with Gasteiger partial charge in [-0.15, -0.1) is 11.3 Å². The third kappa shape index (κ3) is 5.22. The first-order valence-corrected chi connectivity index (χ1v) is 15.5. The van der Waals surface area contributed by atoms with Crippen molar-refractivity contribution in [3.63, 3.8) is 0 Å². The maximum Gasteiger partial charge on any atom is 0.325 e. The molecule has 1 amide bonds. The number of benzene rings is 1. The van der Waals surface area contributed by atoms with Crippen molar-refractivity contribution < 1.29 is 31.2 Å². The topological polar surface area (TPSA) is 132 Å². The van der Waals surface area contributed by atoms with Gasteiger partial charge in [0.1, 0.15) is 16.8 Å². The van der Waals surface area contributed by atoms with Gasteiger partial charge in [-0.25, -0.2) is 16.8 Å². The number of sulfonamides is 1. The lowest BCUT2D eigenvalue weighted by Crippen LogP contribution is -2.40. The van der Waals surface area contributed by atoms with Gasteiger partial charge in [-0.2, -0.15) is 9.30 Å². The summed E-state index contributed by atoms with van der Waals surface area (Å²) >= 11 is 7.83. The van der Waals surface area contributed by atoms with Gasteiger partial charge in [0, 0.05) is 12.8 Å². The Labute approximate surface area is 214 Å². The van der Waals surface area contributed by atoms with Gasteiger partial charge in [0.25, 0.3) is 15.9 Å². The molecule has 10 nitrogen and oxygen atoms in total. The molecule has 0 radical (unpaired) electrons. The van der Waals surface area contributed by atoms with E-state index in [4.69, 9.17) is 16.3 Å². The summed E-state index contributed by atoms with van der Waals surface area (Å²) in [6.45, 7) is -0.0999. The Morgan fingerprint density at radius 1 is 1.17 bits per heavy atom. The number of carbonyl (C=O) groups excluding carboxylic acids is 2. The van der Waals surface area contributed by atoms with E-state index in [9.17, 15) is 26.4 Å². The van der Waals surface area contributed by atoms with E-state index in [0.717, 1.165) is 33.2 Å². The van der Waals surface area contributed by atoms with Gasteiger partial charge in [-0.1, -0.05) is 22.9 Å². The van der Waals surface area contributed by atoms with E-state index in [0.29, 0.717) is 27.4 Å². The number of fused-ring (bicyclic) bond motifs is 1. The standard InChI is InChI=1S/C20H20ClN3O7S4/c1-31-17(25)11-23-13-6-5-12(34(2,27)28)10-15(13)32-20(23)22-19(26)14-4-3-9-24(14)35(29,30)18-8-7-16(21)33-18/h5-8,10,14H,3-4,9,11H2,1-2H3. The molecule has 1 fully saturated rings. The van der Waals surface area contributed by atoms with Crippen molar-refractivity contribution in [1.29, 1.82) is 0 Å². The Morgan fingerprint density at radius 3 is 2.54 bits per heavy atom. The lowest BCUT2D eigenvalue weighted by atomic mass is 10.2. The predicted octanol–water partition coefficient (Wildman–Crippen LogP) is 2.27. The maximum atomic E-state index is 13.2. The summed E-state index contributed by atoms with van der Waals surface area (Å²) in [6, 6.07) is 6.25. The molecule has 1 saturated heterocycles. The molecule has 1 aromatic carbocycles. The van der Waals surface area contributed by atoms with Crippen LogP contribution in [0.3, 0.4) is 0 Å². The minimum absolute atomic E-state index is 0.0399. The molecule has 1 aliphatic rings. The Balaban J connectivity index is 1.78. The molecule has 0 bridgehead atoms. The number of thiophene rings is 1. The number of methoxy groups -OCH3 is 1. The Bertz CT molecular complexity index is 1600. The Kier molecular flexibility index (Phi) is 7.23. The number of halogens is 1. The number of amides is 1. The van der Waals surface area contributed by atoms with Crippen LogP contribution in [0.4, 0.5) is 0 Å². The summed E-state index contributed by atoms with van der Waals surface area (Å²) < 4.78 is 58.3. The van der Waals surface area contributed by atoms with E-state index in [1.165, 1.54) is 42.0 Å². The molecule has 0 saturated carbocycles. The quantitative estimate of drug-likeness (QED) is 0.410. The normalized spacial score (nSPS) is 17.8. The van der Waals surface area contributed by atoms with Gasteiger partial charge in [0.15, 0.2) is 14.6 Å². The average molecular weight is 578 g/mol. The van der Waals surface area contributed by atoms with E-state index in [1.54, 1.807) is 0 Å². The van der Waals surface area contributed by atoms with Crippen LogP contribution in [-0.4, -0.2) is 63.5 Å². The van der Waals surface area contributed by atoms with Crippen molar-refractivity contribution >= 4 is 76.2 Å². The number of carbonyl (C=O) groups is 2. The van der Waals surface area contributed by atoms with Crippen LogP contribution < -0.4 is 4.80 Å². The molecule has 1 unspecified atom stereocenters. The number of rotatable bonds is 6. The molecule has 4 rings (SSSR count). The molecule has 3 heterocycles. The second-order valence-electron chi connectivity index (χ2n) is 7.73. The average Bonchev–Trinajstić information content (AvgIpc) is 3.52. The highest BCUT2D eigenvalue weighted by Gasteiger charge is 2.40. The summed E-state index contributed by atoms with van der Waals surface area (Å²) in [5, 5.41) is 0. The summed E-state index contributed by atoms with van der Waals surface area (Å²) in [5.74, 6) is -1.27. The van der Waals surface area contributed by atoms with Gasteiger partial charge in [0.05, 0.1) is 26.6 Å². The lowest BCUT2D eigenvalue weighted by Gasteiger charge is -2.20. The SMILES string of the molecule is COC(=O)Cn1c(=NC(=O)C2CCCN2S(=O)(=O)c2ccc(Cl)s2)sc2cc(S(C)(=O)=O)ccc21. The Hall–Kier alpha value is -2.10. The molecule has 3 aromatic rings. The van der Waals surface area contributed by atoms with Crippen molar-refractivity contribution in [2.75, 3.05) is 19.9 Å². The minimum Gasteiger partial charge on any atom is -0.468 e. The predicted molar refractivity (Wildman–Crippen MR) is 132 cm³/mol. The van der Waals surface area contributed by atoms with Crippen LogP contribution in [0, 0.1) is 0 Å². The smallest absolute Gasteiger partial charge is 0.325 e. The van der Waals surface area contributed by atoms with E-state index in [-0.39, 0.29) is 27.0 Å². The number of hydrogen-bond donors (Lipinski definition) is 0. The molecule has 0 spiro atoms. The first kappa shape index (κ1) is 26.0. The molecule has 188 valence electrons. The molecule has 15 heteroatoms. The number of aromatic nitrogens is 1. The number of ether oxygens (including phenoxy) is 1. The largest absolute Gasteiger partial charge is 0.468 e. The van der Waals surface area contributed by atoms with Gasteiger partial charge in [0.2, 0.25) is 0 Å². The molecule has 2 aromatic heterocycles. The summed E-state index contributed by atoms with van der Waals surface area (Å²) in [6.07, 6.45) is 1.85. The first-order chi connectivity index (χ1) is 16.4. The molecule has 1 aliphatic heterocycles. The summed E-state index contributed by atoms with van der Waals surface area (Å²) in [7, 11) is -6.20. The minimum atomic E-state index is -3.94. The highest BCUT2D eigenvalue weighted by molar-refractivity contribution is 7.91. The van der Waals surface area contributed by atoms with Crippen LogP contribution in [0.25, 0.3) is 10.2 Å². The van der Waals surface area contributed by atoms with Crippen LogP contribution in [-0.2, 0) is 40.7 Å². The fourth-order valence-electron chi connectivity index (χ4n) is 3.71. The number of hydrogen-bond acceptors (Lipinski definition) is 9. The molecular weight excluding hydrogens is 558 g/mol. The highest BCUT2D eigenvalue weighted by Crippen LogP contribution is 2.32. The summed E-state index contributed by atoms with van der Waals surface area (Å²) in [5.41, 5.74) is 0.489. The first-order valence-electron chi connectivity index (χ1n) is 10.2. The maximum absolute atomic E-state index is 13.2. The fourth-order valence-corrected chi connectivity index (χ4v) is 8.77. The molecule has 0 N–H and O–H groups in total. The fraction of sp³-hybridized carbons (Fsp3) is 0.350. The zero-order chi connectivity index (χ0) is 25.5. The number of thiazole rings is 1. The molecular formula is C20H20ClN3O7S4. The highest BCUT2D eigenvalue weighted by atomic mass is 35.5. The molecule has 0 aliphatic carbocycles. The second-order valence-corrected chi connectivity index (χ2v) is 14.6. The van der Waals surface area contributed by atoms with Gasteiger partial charge in [-0.05, 0) is 43.2 Å². The zero-order valence-corrected chi connectivity index (χ0v) is 22.5. The van der Waals surface area contributed by atoms with Gasteiger partial charge < -0.3 is 9.30 Å². The van der Waals surface area contributed by atoms with Crippen LogP contribution in [0.15, 0.2) is 44.4 Å². The monoisotopic (exact) mass is 577 g/mol. The molecule has 1 atom stereocenters. The number of sulfone groups is 1. The zero-order valence-electron chi connectivity index (χ0n) is 18.5. The van der Waals surface area contributed by atoms with Crippen LogP contribution in [0.5, 0.6) is 0 Å². The van der Waals surface area contributed by atoms with Crippen LogP contribution >= 0.6 is 34.3 Å². The summed E-state index contributed by atoms with van der Waals surface area (Å²) in [4.78, 5) is 29.6. The van der Waals surface area contributed by atoms with Gasteiger partial charge >= 0.3 is 5.97 Å². The van der Waals surface area contributed by atoms with Crippen molar-refractivity contribution in [1.82, 2.24) is 8.87 Å². The van der Waals surface area contributed by atoms with Crippen molar-refractivity contribution in [2.45, 2.75) is 34.5 Å². The lowest BCUT2D eigenvalue weighted by molar-refractivity contribution is -0.141. The van der Waals surface area contributed by atoms with E-state index < -0.39 is 37.8 Å².